The number of morpholine rings is 1. The van der Waals surface area contributed by atoms with Crippen LogP contribution in [0.2, 0.25) is 0 Å². The average molecular weight is 427 g/mol. The molecule has 0 unspecified atom stereocenters. The average Bonchev–Trinajstić information content (AvgIpc) is 2.83. The summed E-state index contributed by atoms with van der Waals surface area (Å²) >= 11 is 0. The molecule has 2 aliphatic heterocycles. The summed E-state index contributed by atoms with van der Waals surface area (Å²) in [6, 6.07) is 13.2. The van der Waals surface area contributed by atoms with E-state index < -0.39 is 0 Å². The number of hydrogen-bond acceptors (Lipinski definition) is 6. The van der Waals surface area contributed by atoms with Gasteiger partial charge in [0.15, 0.2) is 0 Å². The summed E-state index contributed by atoms with van der Waals surface area (Å²) in [6.45, 7) is 3.82. The SMILES string of the molecule is COc1ccc(C(=O)NCCCCN2CCO[C@@H]3c4cc(OC)ccc4OC[C@H]32)cc1. The Kier molecular flexibility index (Phi) is 6.94. The van der Waals surface area contributed by atoms with Gasteiger partial charge in [-0.1, -0.05) is 0 Å². The van der Waals surface area contributed by atoms with Crippen LogP contribution in [0.5, 0.6) is 17.2 Å². The molecule has 0 aromatic heterocycles. The van der Waals surface area contributed by atoms with Crippen LogP contribution in [0.1, 0.15) is 34.9 Å². The van der Waals surface area contributed by atoms with Gasteiger partial charge in [-0.15, -0.1) is 0 Å². The van der Waals surface area contributed by atoms with Gasteiger partial charge in [-0.25, -0.2) is 0 Å². The maximum absolute atomic E-state index is 12.3. The van der Waals surface area contributed by atoms with Gasteiger partial charge >= 0.3 is 0 Å². The second kappa shape index (κ2) is 10.0. The van der Waals surface area contributed by atoms with Gasteiger partial charge in [-0.05, 0) is 61.9 Å². The molecule has 0 bridgehead atoms. The van der Waals surface area contributed by atoms with E-state index in [1.807, 2.05) is 18.2 Å². The first-order chi connectivity index (χ1) is 15.2. The number of rotatable bonds is 8. The lowest BCUT2D eigenvalue weighted by atomic mass is 9.96. The Balaban J connectivity index is 1.25. The van der Waals surface area contributed by atoms with Gasteiger partial charge in [0.05, 0.1) is 26.9 Å². The van der Waals surface area contributed by atoms with Gasteiger partial charge in [0, 0.05) is 24.2 Å². The molecule has 1 amide bonds. The highest BCUT2D eigenvalue weighted by molar-refractivity contribution is 5.94. The van der Waals surface area contributed by atoms with Gasteiger partial charge in [0.2, 0.25) is 0 Å². The zero-order valence-corrected chi connectivity index (χ0v) is 18.1. The topological polar surface area (TPSA) is 69.3 Å². The summed E-state index contributed by atoms with van der Waals surface area (Å²) in [7, 11) is 3.28. The molecule has 1 fully saturated rings. The smallest absolute Gasteiger partial charge is 0.251 e. The fourth-order valence-corrected chi connectivity index (χ4v) is 4.20. The number of carbonyl (C=O) groups excluding carboxylic acids is 1. The maximum atomic E-state index is 12.3. The van der Waals surface area contributed by atoms with Crippen LogP contribution in [0.3, 0.4) is 0 Å². The van der Waals surface area contributed by atoms with E-state index in [0.717, 1.165) is 48.7 Å². The molecule has 31 heavy (non-hydrogen) atoms. The summed E-state index contributed by atoms with van der Waals surface area (Å²) in [6.07, 6.45) is 1.92. The Morgan fingerprint density at radius 1 is 1.10 bits per heavy atom. The first-order valence-corrected chi connectivity index (χ1v) is 10.8. The van der Waals surface area contributed by atoms with Crippen LogP contribution in [-0.4, -0.2) is 63.9 Å². The van der Waals surface area contributed by atoms with E-state index in [1.165, 1.54) is 0 Å². The lowest BCUT2D eigenvalue weighted by Gasteiger charge is -2.44. The summed E-state index contributed by atoms with van der Waals surface area (Å²) in [5.41, 5.74) is 1.71. The molecule has 2 aliphatic rings. The standard InChI is InChI=1S/C24H30N2O5/c1-28-18-7-5-17(6-8-18)24(27)25-11-3-4-12-26-13-14-30-23-20-15-19(29-2)9-10-22(20)31-16-21(23)26/h5-10,15,21,23H,3-4,11-14,16H2,1-2H3,(H,25,27)/t21-,23-/m1/s1. The molecule has 7 nitrogen and oxygen atoms in total. The molecule has 0 saturated carbocycles. The van der Waals surface area contributed by atoms with Crippen molar-refractivity contribution in [3.63, 3.8) is 0 Å². The summed E-state index contributed by atoms with van der Waals surface area (Å²) in [4.78, 5) is 14.7. The number of nitrogens with one attached hydrogen (secondary N) is 1. The van der Waals surface area contributed by atoms with Crippen molar-refractivity contribution in [1.82, 2.24) is 10.2 Å². The van der Waals surface area contributed by atoms with Crippen molar-refractivity contribution in [2.75, 3.05) is 47.1 Å². The van der Waals surface area contributed by atoms with Crippen LogP contribution >= 0.6 is 0 Å². The minimum Gasteiger partial charge on any atom is -0.497 e. The number of nitrogens with zero attached hydrogens (tertiary/aromatic N) is 1. The van der Waals surface area contributed by atoms with Gasteiger partial charge in [-0.2, -0.15) is 0 Å². The third-order valence-corrected chi connectivity index (χ3v) is 5.94. The van der Waals surface area contributed by atoms with Crippen LogP contribution in [0.25, 0.3) is 0 Å². The van der Waals surface area contributed by atoms with E-state index in [9.17, 15) is 4.79 Å². The van der Waals surface area contributed by atoms with Crippen LogP contribution in [0.15, 0.2) is 42.5 Å². The van der Waals surface area contributed by atoms with Crippen molar-refractivity contribution in [2.45, 2.75) is 25.0 Å². The highest BCUT2D eigenvalue weighted by Crippen LogP contribution is 2.40. The van der Waals surface area contributed by atoms with Crippen LogP contribution < -0.4 is 19.5 Å². The zero-order chi connectivity index (χ0) is 21.6. The minimum absolute atomic E-state index is 0.00220. The predicted molar refractivity (Wildman–Crippen MR) is 117 cm³/mol. The van der Waals surface area contributed by atoms with Gasteiger partial charge < -0.3 is 24.3 Å². The van der Waals surface area contributed by atoms with E-state index in [2.05, 4.69) is 10.2 Å². The van der Waals surface area contributed by atoms with Gasteiger partial charge in [-0.3, -0.25) is 9.69 Å². The zero-order valence-electron chi connectivity index (χ0n) is 18.1. The number of methoxy groups -OCH3 is 2. The number of amides is 1. The summed E-state index contributed by atoms with van der Waals surface area (Å²) < 4.78 is 22.6. The molecule has 1 N–H and O–H groups in total. The lowest BCUT2D eigenvalue weighted by Crippen LogP contribution is -2.52. The first-order valence-electron chi connectivity index (χ1n) is 10.8. The minimum atomic E-state index is -0.0553. The number of carbonyl (C=O) groups is 1. The third kappa shape index (κ3) is 4.94. The van der Waals surface area contributed by atoms with Crippen molar-refractivity contribution in [1.29, 1.82) is 0 Å². The summed E-state index contributed by atoms with van der Waals surface area (Å²) in [5.74, 6) is 2.38. The second-order valence-corrected chi connectivity index (χ2v) is 7.80. The van der Waals surface area contributed by atoms with Crippen LogP contribution in [-0.2, 0) is 4.74 Å². The molecule has 4 rings (SSSR count). The molecule has 0 spiro atoms. The molecule has 2 aromatic rings. The van der Waals surface area contributed by atoms with E-state index in [4.69, 9.17) is 18.9 Å². The Bertz CT molecular complexity index is 886. The van der Waals surface area contributed by atoms with Crippen molar-refractivity contribution in [3.05, 3.63) is 53.6 Å². The van der Waals surface area contributed by atoms with Crippen molar-refractivity contribution < 1.29 is 23.7 Å². The molecule has 1 saturated heterocycles. The lowest BCUT2D eigenvalue weighted by molar-refractivity contribution is -0.0960. The number of unbranched alkanes of at least 4 members (excludes halogenated alkanes) is 1. The Labute approximate surface area is 183 Å². The Morgan fingerprint density at radius 3 is 2.65 bits per heavy atom. The fraction of sp³-hybridized carbons (Fsp3) is 0.458. The number of ether oxygens (including phenoxy) is 4. The maximum Gasteiger partial charge on any atom is 0.251 e. The van der Waals surface area contributed by atoms with Crippen molar-refractivity contribution in [2.24, 2.45) is 0 Å². The number of benzene rings is 2. The highest BCUT2D eigenvalue weighted by Gasteiger charge is 2.38. The molecule has 2 heterocycles. The fourth-order valence-electron chi connectivity index (χ4n) is 4.20. The molecular formula is C24H30N2O5. The molecular weight excluding hydrogens is 396 g/mol. The Hall–Kier alpha value is -2.77. The largest absolute Gasteiger partial charge is 0.497 e. The Morgan fingerprint density at radius 2 is 1.87 bits per heavy atom. The van der Waals surface area contributed by atoms with Crippen molar-refractivity contribution in [3.8, 4) is 17.2 Å². The van der Waals surface area contributed by atoms with E-state index in [0.29, 0.717) is 25.3 Å². The van der Waals surface area contributed by atoms with Crippen LogP contribution in [0, 0.1) is 0 Å². The molecule has 0 aliphatic carbocycles. The number of hydrogen-bond donors (Lipinski definition) is 1. The van der Waals surface area contributed by atoms with Gasteiger partial charge in [0.25, 0.3) is 5.91 Å². The van der Waals surface area contributed by atoms with E-state index >= 15 is 0 Å². The van der Waals surface area contributed by atoms with Crippen LogP contribution in [0.4, 0.5) is 0 Å². The predicted octanol–water partition coefficient (Wildman–Crippen LogP) is 3.05. The van der Waals surface area contributed by atoms with E-state index in [-0.39, 0.29) is 18.1 Å². The molecule has 166 valence electrons. The van der Waals surface area contributed by atoms with Gasteiger partial charge in [0.1, 0.15) is 30.0 Å². The molecule has 0 radical (unpaired) electrons. The molecule has 2 aromatic carbocycles. The third-order valence-electron chi connectivity index (χ3n) is 5.94. The monoisotopic (exact) mass is 426 g/mol. The summed E-state index contributed by atoms with van der Waals surface area (Å²) in [5, 5.41) is 2.99. The first kappa shape index (κ1) is 21.5. The molecule has 7 heteroatoms. The molecule has 2 atom stereocenters. The highest BCUT2D eigenvalue weighted by atomic mass is 16.5. The normalized spacial score (nSPS) is 20.2. The quantitative estimate of drug-likeness (QED) is 0.655. The second-order valence-electron chi connectivity index (χ2n) is 7.80. The van der Waals surface area contributed by atoms with Crippen molar-refractivity contribution >= 4 is 5.91 Å². The van der Waals surface area contributed by atoms with E-state index in [1.54, 1.807) is 38.5 Å². The number of fused-ring (bicyclic) bond motifs is 3.